The van der Waals surface area contributed by atoms with E-state index in [0.717, 1.165) is 19.5 Å². The first-order valence-corrected chi connectivity index (χ1v) is 6.59. The van der Waals surface area contributed by atoms with Crippen LogP contribution in [0.1, 0.15) is 18.4 Å². The standard InChI is InChI=1S/C13H16N2OS/c14-13(16)6-3-7-15-8-10-9-17-12-5-2-1-4-11(10)12/h1-2,4-5,9,15H,3,6-8H2,(H2,14,16). The molecule has 0 saturated heterocycles. The van der Waals surface area contributed by atoms with Crippen LogP contribution in [0.2, 0.25) is 0 Å². The van der Waals surface area contributed by atoms with E-state index in [0.29, 0.717) is 6.42 Å². The molecule has 1 heterocycles. The largest absolute Gasteiger partial charge is 0.370 e. The third-order valence-corrected chi connectivity index (χ3v) is 3.67. The summed E-state index contributed by atoms with van der Waals surface area (Å²) in [7, 11) is 0. The van der Waals surface area contributed by atoms with Gasteiger partial charge >= 0.3 is 0 Å². The number of amides is 1. The van der Waals surface area contributed by atoms with Crippen LogP contribution in [0.15, 0.2) is 29.6 Å². The number of fused-ring (bicyclic) bond motifs is 1. The molecule has 0 unspecified atom stereocenters. The summed E-state index contributed by atoms with van der Waals surface area (Å²) in [5.41, 5.74) is 6.40. The number of rotatable bonds is 6. The second kappa shape index (κ2) is 5.80. The Morgan fingerprint density at radius 1 is 1.35 bits per heavy atom. The van der Waals surface area contributed by atoms with Gasteiger partial charge < -0.3 is 11.1 Å². The van der Waals surface area contributed by atoms with Gasteiger partial charge in [-0.15, -0.1) is 11.3 Å². The zero-order valence-corrected chi connectivity index (χ0v) is 10.4. The number of carbonyl (C=O) groups excluding carboxylic acids is 1. The Kier molecular flexibility index (Phi) is 4.12. The van der Waals surface area contributed by atoms with Crippen molar-refractivity contribution in [1.82, 2.24) is 5.32 Å². The van der Waals surface area contributed by atoms with Crippen molar-refractivity contribution in [3.63, 3.8) is 0 Å². The van der Waals surface area contributed by atoms with Crippen LogP contribution in [0, 0.1) is 0 Å². The normalized spacial score (nSPS) is 10.8. The number of thiophene rings is 1. The molecule has 3 nitrogen and oxygen atoms in total. The number of nitrogens with one attached hydrogen (secondary N) is 1. The van der Waals surface area contributed by atoms with Crippen molar-refractivity contribution >= 4 is 27.3 Å². The molecule has 1 amide bonds. The molecule has 1 aromatic heterocycles. The number of hydrogen-bond donors (Lipinski definition) is 2. The Hall–Kier alpha value is -1.39. The number of primary amides is 1. The lowest BCUT2D eigenvalue weighted by Crippen LogP contribution is -2.17. The van der Waals surface area contributed by atoms with Gasteiger partial charge in [-0.3, -0.25) is 4.79 Å². The summed E-state index contributed by atoms with van der Waals surface area (Å²) in [5, 5.41) is 6.84. The Bertz CT molecular complexity index is 507. The molecule has 17 heavy (non-hydrogen) atoms. The van der Waals surface area contributed by atoms with Crippen molar-refractivity contribution in [1.29, 1.82) is 0 Å². The van der Waals surface area contributed by atoms with Gasteiger partial charge in [0, 0.05) is 17.7 Å². The Balaban J connectivity index is 1.85. The number of benzene rings is 1. The summed E-state index contributed by atoms with van der Waals surface area (Å²) in [5.74, 6) is -0.229. The lowest BCUT2D eigenvalue weighted by molar-refractivity contribution is -0.118. The molecule has 0 aliphatic heterocycles. The maximum Gasteiger partial charge on any atom is 0.217 e. The van der Waals surface area contributed by atoms with E-state index in [1.165, 1.54) is 15.6 Å². The monoisotopic (exact) mass is 248 g/mol. The number of carbonyl (C=O) groups is 1. The van der Waals surface area contributed by atoms with E-state index in [1.807, 2.05) is 0 Å². The Labute approximate surface area is 105 Å². The number of nitrogens with two attached hydrogens (primary N) is 1. The van der Waals surface area contributed by atoms with Crippen LogP contribution in [0.4, 0.5) is 0 Å². The molecule has 0 spiro atoms. The van der Waals surface area contributed by atoms with E-state index in [1.54, 1.807) is 11.3 Å². The number of hydrogen-bond acceptors (Lipinski definition) is 3. The molecule has 3 N–H and O–H groups in total. The van der Waals surface area contributed by atoms with E-state index in [9.17, 15) is 4.79 Å². The lowest BCUT2D eigenvalue weighted by Gasteiger charge is -2.02. The fraction of sp³-hybridized carbons (Fsp3) is 0.308. The van der Waals surface area contributed by atoms with Crippen LogP contribution in [0.3, 0.4) is 0 Å². The molecule has 0 saturated carbocycles. The predicted octanol–water partition coefficient (Wildman–Crippen LogP) is 2.26. The zero-order chi connectivity index (χ0) is 12.1. The fourth-order valence-electron chi connectivity index (χ4n) is 1.78. The SMILES string of the molecule is NC(=O)CCCNCc1csc2ccccc12. The first kappa shape index (κ1) is 12.1. The summed E-state index contributed by atoms with van der Waals surface area (Å²) in [6.45, 7) is 1.68. The summed E-state index contributed by atoms with van der Waals surface area (Å²) >= 11 is 1.77. The highest BCUT2D eigenvalue weighted by molar-refractivity contribution is 7.17. The van der Waals surface area contributed by atoms with E-state index >= 15 is 0 Å². The average Bonchev–Trinajstić information content (AvgIpc) is 2.72. The van der Waals surface area contributed by atoms with Gasteiger partial charge in [-0.05, 0) is 35.4 Å². The minimum atomic E-state index is -0.229. The summed E-state index contributed by atoms with van der Waals surface area (Å²) in [6.07, 6.45) is 1.26. The van der Waals surface area contributed by atoms with Crippen LogP contribution < -0.4 is 11.1 Å². The van der Waals surface area contributed by atoms with E-state index in [-0.39, 0.29) is 5.91 Å². The highest BCUT2D eigenvalue weighted by Gasteiger charge is 2.02. The van der Waals surface area contributed by atoms with Gasteiger partial charge in [0.25, 0.3) is 0 Å². The molecule has 0 atom stereocenters. The topological polar surface area (TPSA) is 55.1 Å². The van der Waals surface area contributed by atoms with Crippen molar-refractivity contribution in [3.05, 3.63) is 35.2 Å². The van der Waals surface area contributed by atoms with Gasteiger partial charge in [0.2, 0.25) is 5.91 Å². The summed E-state index contributed by atoms with van der Waals surface area (Å²) in [4.78, 5) is 10.6. The molecular weight excluding hydrogens is 232 g/mol. The fourth-order valence-corrected chi connectivity index (χ4v) is 2.74. The molecular formula is C13H16N2OS. The van der Waals surface area contributed by atoms with Crippen LogP contribution in [0.25, 0.3) is 10.1 Å². The maximum absolute atomic E-state index is 10.6. The smallest absolute Gasteiger partial charge is 0.217 e. The highest BCUT2D eigenvalue weighted by atomic mass is 32.1. The van der Waals surface area contributed by atoms with E-state index in [2.05, 4.69) is 35.0 Å². The zero-order valence-electron chi connectivity index (χ0n) is 9.61. The van der Waals surface area contributed by atoms with Crippen LogP contribution in [-0.4, -0.2) is 12.5 Å². The third kappa shape index (κ3) is 3.28. The van der Waals surface area contributed by atoms with Crippen LogP contribution in [-0.2, 0) is 11.3 Å². The van der Waals surface area contributed by atoms with Crippen molar-refractivity contribution in [3.8, 4) is 0 Å². The van der Waals surface area contributed by atoms with Gasteiger partial charge in [0.05, 0.1) is 0 Å². The van der Waals surface area contributed by atoms with Gasteiger partial charge in [-0.2, -0.15) is 0 Å². The molecule has 0 radical (unpaired) electrons. The first-order chi connectivity index (χ1) is 8.27. The molecule has 0 bridgehead atoms. The molecule has 4 heteroatoms. The highest BCUT2D eigenvalue weighted by Crippen LogP contribution is 2.25. The molecule has 0 fully saturated rings. The third-order valence-electron chi connectivity index (χ3n) is 2.65. The van der Waals surface area contributed by atoms with Gasteiger partial charge in [-0.1, -0.05) is 18.2 Å². The maximum atomic E-state index is 10.6. The first-order valence-electron chi connectivity index (χ1n) is 5.71. The van der Waals surface area contributed by atoms with Gasteiger partial charge in [0.15, 0.2) is 0 Å². The second-order valence-corrected chi connectivity index (χ2v) is 4.91. The molecule has 2 aromatic rings. The quantitative estimate of drug-likeness (QED) is 0.770. The lowest BCUT2D eigenvalue weighted by atomic mass is 10.2. The van der Waals surface area contributed by atoms with Crippen molar-refractivity contribution in [2.75, 3.05) is 6.54 Å². The van der Waals surface area contributed by atoms with Crippen molar-refractivity contribution in [2.45, 2.75) is 19.4 Å². The minimum absolute atomic E-state index is 0.229. The Morgan fingerprint density at radius 2 is 2.18 bits per heavy atom. The molecule has 2 rings (SSSR count). The molecule has 1 aromatic carbocycles. The Morgan fingerprint density at radius 3 is 3.00 bits per heavy atom. The van der Waals surface area contributed by atoms with Crippen molar-refractivity contribution < 1.29 is 4.79 Å². The summed E-state index contributed by atoms with van der Waals surface area (Å²) < 4.78 is 1.32. The molecule has 0 aliphatic rings. The summed E-state index contributed by atoms with van der Waals surface area (Å²) in [6, 6.07) is 8.40. The van der Waals surface area contributed by atoms with Gasteiger partial charge in [-0.25, -0.2) is 0 Å². The van der Waals surface area contributed by atoms with Crippen LogP contribution in [0.5, 0.6) is 0 Å². The van der Waals surface area contributed by atoms with E-state index in [4.69, 9.17) is 5.73 Å². The minimum Gasteiger partial charge on any atom is -0.370 e. The molecule has 90 valence electrons. The van der Waals surface area contributed by atoms with Gasteiger partial charge in [0.1, 0.15) is 0 Å². The van der Waals surface area contributed by atoms with E-state index < -0.39 is 0 Å². The second-order valence-electron chi connectivity index (χ2n) is 4.00. The van der Waals surface area contributed by atoms with Crippen molar-refractivity contribution in [2.24, 2.45) is 5.73 Å². The van der Waals surface area contributed by atoms with Crippen LogP contribution >= 0.6 is 11.3 Å². The average molecular weight is 248 g/mol. The molecule has 0 aliphatic carbocycles. The predicted molar refractivity (Wildman–Crippen MR) is 72.0 cm³/mol.